The largest absolute Gasteiger partial charge is 0.334 e. The van der Waals surface area contributed by atoms with Crippen molar-refractivity contribution in [1.29, 1.82) is 0 Å². The van der Waals surface area contributed by atoms with E-state index in [1.165, 1.54) is 0 Å². The van der Waals surface area contributed by atoms with Gasteiger partial charge in [0.25, 0.3) is 5.89 Å². The Bertz CT molecular complexity index is 448. The van der Waals surface area contributed by atoms with Crippen LogP contribution < -0.4 is 0 Å². The van der Waals surface area contributed by atoms with Crippen molar-refractivity contribution in [2.45, 2.75) is 26.7 Å². The highest BCUT2D eigenvalue weighted by atomic mass is 16.5. The summed E-state index contributed by atoms with van der Waals surface area (Å²) in [6.45, 7) is 4.14. The van der Waals surface area contributed by atoms with Gasteiger partial charge in [-0.2, -0.15) is 4.98 Å². The normalized spacial score (nSPS) is 10.5. The van der Waals surface area contributed by atoms with Crippen LogP contribution in [0.15, 0.2) is 28.8 Å². The van der Waals surface area contributed by atoms with E-state index in [-0.39, 0.29) is 0 Å². The average molecular weight is 202 g/mol. The summed E-state index contributed by atoms with van der Waals surface area (Å²) in [5.74, 6) is 1.41. The number of rotatable bonds is 3. The fourth-order valence-electron chi connectivity index (χ4n) is 1.50. The molecule has 0 unspecified atom stereocenters. The van der Waals surface area contributed by atoms with Gasteiger partial charge in [-0.25, -0.2) is 0 Å². The van der Waals surface area contributed by atoms with Crippen molar-refractivity contribution in [1.82, 2.24) is 10.1 Å². The van der Waals surface area contributed by atoms with Gasteiger partial charge in [-0.1, -0.05) is 30.3 Å². The number of aromatic nitrogens is 2. The number of aryl methyl sites for hydroxylation is 2. The summed E-state index contributed by atoms with van der Waals surface area (Å²) in [7, 11) is 0. The molecule has 3 heteroatoms. The van der Waals surface area contributed by atoms with E-state index in [1.54, 1.807) is 0 Å². The lowest BCUT2D eigenvalue weighted by molar-refractivity contribution is 0.422. The van der Waals surface area contributed by atoms with Crippen LogP contribution in [-0.2, 0) is 6.42 Å². The molecular weight excluding hydrogens is 188 g/mol. The van der Waals surface area contributed by atoms with E-state index in [9.17, 15) is 0 Å². The van der Waals surface area contributed by atoms with Crippen molar-refractivity contribution < 1.29 is 4.52 Å². The highest BCUT2D eigenvalue weighted by Gasteiger charge is 2.09. The molecule has 78 valence electrons. The second-order valence-electron chi connectivity index (χ2n) is 3.58. The molecule has 3 nitrogen and oxygen atoms in total. The van der Waals surface area contributed by atoms with E-state index in [0.29, 0.717) is 5.89 Å². The van der Waals surface area contributed by atoms with E-state index in [1.807, 2.05) is 31.2 Å². The summed E-state index contributed by atoms with van der Waals surface area (Å²) in [6.07, 6.45) is 1.90. The first-order valence-electron chi connectivity index (χ1n) is 5.20. The Morgan fingerprint density at radius 2 is 2.07 bits per heavy atom. The second kappa shape index (κ2) is 4.26. The molecule has 0 radical (unpaired) electrons. The zero-order valence-corrected chi connectivity index (χ0v) is 9.03. The fraction of sp³-hybridized carbons (Fsp3) is 0.333. The average Bonchev–Trinajstić information content (AvgIpc) is 2.68. The third kappa shape index (κ3) is 2.06. The van der Waals surface area contributed by atoms with Crippen molar-refractivity contribution in [2.75, 3.05) is 0 Å². The molecule has 0 fully saturated rings. The molecule has 2 aromatic rings. The van der Waals surface area contributed by atoms with E-state index >= 15 is 0 Å². The molecule has 0 amide bonds. The third-order valence-electron chi connectivity index (χ3n) is 2.32. The molecule has 1 aromatic heterocycles. The first-order chi connectivity index (χ1) is 7.31. The van der Waals surface area contributed by atoms with Gasteiger partial charge < -0.3 is 4.52 Å². The van der Waals surface area contributed by atoms with Crippen molar-refractivity contribution in [3.8, 4) is 11.5 Å². The molecule has 0 bridgehead atoms. The van der Waals surface area contributed by atoms with Gasteiger partial charge in [0.1, 0.15) is 0 Å². The maximum absolute atomic E-state index is 5.22. The van der Waals surface area contributed by atoms with Gasteiger partial charge in [-0.05, 0) is 25.0 Å². The van der Waals surface area contributed by atoms with Crippen LogP contribution in [0.25, 0.3) is 11.5 Å². The van der Waals surface area contributed by atoms with Gasteiger partial charge >= 0.3 is 0 Å². The molecule has 15 heavy (non-hydrogen) atoms. The lowest BCUT2D eigenvalue weighted by Crippen LogP contribution is -1.86. The number of hydrogen-bond acceptors (Lipinski definition) is 3. The van der Waals surface area contributed by atoms with Crippen LogP contribution in [0.2, 0.25) is 0 Å². The lowest BCUT2D eigenvalue weighted by Gasteiger charge is -1.97. The van der Waals surface area contributed by atoms with E-state index in [0.717, 1.165) is 29.8 Å². The van der Waals surface area contributed by atoms with E-state index < -0.39 is 0 Å². The summed E-state index contributed by atoms with van der Waals surface area (Å²) in [6, 6.07) is 8.02. The molecule has 0 saturated heterocycles. The van der Waals surface area contributed by atoms with Crippen molar-refractivity contribution in [3.05, 3.63) is 35.7 Å². The molecule has 0 N–H and O–H groups in total. The van der Waals surface area contributed by atoms with Crippen LogP contribution >= 0.6 is 0 Å². The van der Waals surface area contributed by atoms with Gasteiger partial charge in [0.2, 0.25) is 0 Å². The smallest absolute Gasteiger partial charge is 0.258 e. The Morgan fingerprint density at radius 3 is 2.80 bits per heavy atom. The molecule has 0 spiro atoms. The minimum absolute atomic E-state index is 0.622. The third-order valence-corrected chi connectivity index (χ3v) is 2.32. The zero-order valence-electron chi connectivity index (χ0n) is 9.03. The molecule has 0 aliphatic heterocycles. The summed E-state index contributed by atoms with van der Waals surface area (Å²) in [4.78, 5) is 4.35. The summed E-state index contributed by atoms with van der Waals surface area (Å²) >= 11 is 0. The highest BCUT2D eigenvalue weighted by Crippen LogP contribution is 2.20. The van der Waals surface area contributed by atoms with Crippen LogP contribution in [0.1, 0.15) is 24.7 Å². The topological polar surface area (TPSA) is 38.9 Å². The van der Waals surface area contributed by atoms with Gasteiger partial charge in [0.05, 0.1) is 0 Å². The number of benzene rings is 1. The highest BCUT2D eigenvalue weighted by molar-refractivity contribution is 5.57. The van der Waals surface area contributed by atoms with Crippen LogP contribution in [0.4, 0.5) is 0 Å². The Balaban J connectivity index is 2.33. The molecule has 0 aliphatic rings. The van der Waals surface area contributed by atoms with Gasteiger partial charge in [-0.3, -0.25) is 0 Å². The van der Waals surface area contributed by atoms with Crippen LogP contribution in [0.3, 0.4) is 0 Å². The predicted octanol–water partition coefficient (Wildman–Crippen LogP) is 3.00. The van der Waals surface area contributed by atoms with Crippen molar-refractivity contribution in [3.63, 3.8) is 0 Å². The summed E-state index contributed by atoms with van der Waals surface area (Å²) < 4.78 is 5.22. The van der Waals surface area contributed by atoms with E-state index in [4.69, 9.17) is 4.52 Å². The van der Waals surface area contributed by atoms with Gasteiger partial charge in [0, 0.05) is 12.0 Å². The maximum Gasteiger partial charge on any atom is 0.258 e. The van der Waals surface area contributed by atoms with Crippen LogP contribution in [-0.4, -0.2) is 10.1 Å². The Morgan fingerprint density at radius 1 is 1.27 bits per heavy atom. The van der Waals surface area contributed by atoms with Crippen LogP contribution in [0.5, 0.6) is 0 Å². The molecular formula is C12H14N2O. The fourth-order valence-corrected chi connectivity index (χ4v) is 1.50. The summed E-state index contributed by atoms with van der Waals surface area (Å²) in [5, 5.41) is 3.94. The van der Waals surface area contributed by atoms with Crippen LogP contribution in [0, 0.1) is 6.92 Å². The zero-order chi connectivity index (χ0) is 10.7. The maximum atomic E-state index is 5.22. The van der Waals surface area contributed by atoms with E-state index in [2.05, 4.69) is 17.1 Å². The van der Waals surface area contributed by atoms with Gasteiger partial charge in [0.15, 0.2) is 5.82 Å². The second-order valence-corrected chi connectivity index (χ2v) is 3.58. The van der Waals surface area contributed by atoms with Gasteiger partial charge in [-0.15, -0.1) is 0 Å². The molecule has 0 saturated carbocycles. The SMILES string of the molecule is CCCc1noc(-c2ccccc2C)n1. The molecule has 1 aromatic carbocycles. The molecule has 1 heterocycles. The monoisotopic (exact) mass is 202 g/mol. The Hall–Kier alpha value is -1.64. The number of hydrogen-bond donors (Lipinski definition) is 0. The summed E-state index contributed by atoms with van der Waals surface area (Å²) in [5.41, 5.74) is 2.18. The lowest BCUT2D eigenvalue weighted by atomic mass is 10.1. The molecule has 0 atom stereocenters. The van der Waals surface area contributed by atoms with Crippen molar-refractivity contribution in [2.24, 2.45) is 0 Å². The van der Waals surface area contributed by atoms with Crippen molar-refractivity contribution >= 4 is 0 Å². The Kier molecular flexibility index (Phi) is 2.81. The minimum Gasteiger partial charge on any atom is -0.334 e. The quantitative estimate of drug-likeness (QED) is 0.768. The molecule has 0 aliphatic carbocycles. The standard InChI is InChI=1S/C12H14N2O/c1-3-6-11-13-12(15-14-11)10-8-5-4-7-9(10)2/h4-5,7-8H,3,6H2,1-2H3. The minimum atomic E-state index is 0.622. The first kappa shape index (κ1) is 9.90. The molecule has 2 rings (SSSR count). The first-order valence-corrected chi connectivity index (χ1v) is 5.20. The predicted molar refractivity (Wildman–Crippen MR) is 58.5 cm³/mol. The Labute approximate surface area is 89.1 Å². The number of nitrogens with zero attached hydrogens (tertiary/aromatic N) is 2.